The second kappa shape index (κ2) is 6.62. The van der Waals surface area contributed by atoms with Crippen LogP contribution in [0.3, 0.4) is 0 Å². The lowest BCUT2D eigenvalue weighted by Gasteiger charge is -2.28. The highest BCUT2D eigenvalue weighted by atomic mass is 16.5. The summed E-state index contributed by atoms with van der Waals surface area (Å²) in [4.78, 5) is 26.7. The molecule has 2 aromatic rings. The summed E-state index contributed by atoms with van der Waals surface area (Å²) in [7, 11) is 1.53. The van der Waals surface area contributed by atoms with E-state index in [2.05, 4.69) is 0 Å². The molecule has 1 aliphatic heterocycles. The topological polar surface area (TPSA) is 69.0 Å². The molecule has 0 fully saturated rings. The van der Waals surface area contributed by atoms with Crippen molar-refractivity contribution >= 4 is 17.4 Å². The van der Waals surface area contributed by atoms with E-state index in [0.29, 0.717) is 34.8 Å². The molecule has 0 aliphatic carbocycles. The molecule has 1 aromatic carbocycles. The first-order valence-corrected chi connectivity index (χ1v) is 7.54. The van der Waals surface area contributed by atoms with Gasteiger partial charge in [-0.25, -0.2) is 0 Å². The number of hydrogen-bond donors (Lipinski definition) is 0. The number of methoxy groups -OCH3 is 1. The number of furan rings is 1. The molecule has 0 saturated heterocycles. The third kappa shape index (κ3) is 2.78. The number of benzene rings is 1. The third-order valence-electron chi connectivity index (χ3n) is 3.73. The number of imide groups is 1. The fourth-order valence-electron chi connectivity index (χ4n) is 2.54. The predicted molar refractivity (Wildman–Crippen MR) is 86.2 cm³/mol. The van der Waals surface area contributed by atoms with Gasteiger partial charge in [-0.3, -0.25) is 14.5 Å². The van der Waals surface area contributed by atoms with Crippen LogP contribution >= 0.6 is 0 Å². The summed E-state index contributed by atoms with van der Waals surface area (Å²) in [6, 6.07) is 8.45. The first kappa shape index (κ1) is 15.9. The maximum atomic E-state index is 12.8. The number of carbonyl (C=O) groups is 2. The molecule has 0 atom stereocenters. The molecule has 0 spiro atoms. The average Bonchev–Trinajstić information content (AvgIpc) is 3.11. The van der Waals surface area contributed by atoms with Gasteiger partial charge >= 0.3 is 0 Å². The van der Waals surface area contributed by atoms with E-state index in [1.807, 2.05) is 6.92 Å². The van der Waals surface area contributed by atoms with Gasteiger partial charge in [0, 0.05) is 5.56 Å². The van der Waals surface area contributed by atoms with Crippen molar-refractivity contribution in [2.75, 3.05) is 13.7 Å². The number of hydrogen-bond acceptors (Lipinski definition) is 5. The van der Waals surface area contributed by atoms with Gasteiger partial charge in [-0.15, -0.1) is 0 Å². The Kier molecular flexibility index (Phi) is 4.37. The highest BCUT2D eigenvalue weighted by Gasteiger charge is 2.36. The molecule has 0 bridgehead atoms. The summed E-state index contributed by atoms with van der Waals surface area (Å²) in [5.74, 6) is 0.269. The van der Waals surface area contributed by atoms with E-state index in [-0.39, 0.29) is 12.5 Å². The minimum Gasteiger partial charge on any atom is -0.501 e. The third-order valence-corrected chi connectivity index (χ3v) is 3.73. The number of amides is 2. The zero-order valence-corrected chi connectivity index (χ0v) is 13.4. The quantitative estimate of drug-likeness (QED) is 0.480. The fraction of sp³-hybridized carbons (Fsp3) is 0.222. The van der Waals surface area contributed by atoms with Crippen LogP contribution in [0.5, 0.6) is 5.75 Å². The fourth-order valence-corrected chi connectivity index (χ4v) is 2.54. The van der Waals surface area contributed by atoms with Gasteiger partial charge in [-0.1, -0.05) is 0 Å². The van der Waals surface area contributed by atoms with E-state index in [4.69, 9.17) is 13.9 Å². The van der Waals surface area contributed by atoms with Crippen LogP contribution in [-0.4, -0.2) is 30.4 Å². The first-order valence-electron chi connectivity index (χ1n) is 7.54. The minimum atomic E-state index is -0.414. The normalized spacial score (nSPS) is 15.6. The Morgan fingerprint density at radius 2 is 2.00 bits per heavy atom. The van der Waals surface area contributed by atoms with Crippen LogP contribution < -0.4 is 4.74 Å². The summed E-state index contributed by atoms with van der Waals surface area (Å²) < 4.78 is 15.7. The molecular weight excluding hydrogens is 310 g/mol. The maximum Gasteiger partial charge on any atom is 0.264 e. The monoisotopic (exact) mass is 327 g/mol. The Bertz CT molecular complexity index is 792. The van der Waals surface area contributed by atoms with Crippen molar-refractivity contribution in [1.29, 1.82) is 0 Å². The standard InChI is InChI=1S/C18H17NO5/c1-3-23-11-16-14-7-6-12(22-2)9-15(14)17(20)19(18(16)21)10-13-5-4-8-24-13/h4-9,11H,3,10H2,1-2H3/b16-11+. The predicted octanol–water partition coefficient (Wildman–Crippen LogP) is 2.85. The zero-order chi connectivity index (χ0) is 17.1. The van der Waals surface area contributed by atoms with Crippen molar-refractivity contribution in [2.24, 2.45) is 0 Å². The summed E-state index contributed by atoms with van der Waals surface area (Å²) >= 11 is 0. The molecule has 124 valence electrons. The van der Waals surface area contributed by atoms with Gasteiger partial charge in [0.2, 0.25) is 0 Å². The molecule has 0 radical (unpaired) electrons. The van der Waals surface area contributed by atoms with Crippen LogP contribution in [0.1, 0.15) is 28.6 Å². The number of rotatable bonds is 5. The highest BCUT2D eigenvalue weighted by Crippen LogP contribution is 2.32. The van der Waals surface area contributed by atoms with E-state index in [0.717, 1.165) is 4.90 Å². The summed E-state index contributed by atoms with van der Waals surface area (Å²) in [5, 5.41) is 0. The van der Waals surface area contributed by atoms with Crippen molar-refractivity contribution in [3.63, 3.8) is 0 Å². The smallest absolute Gasteiger partial charge is 0.264 e. The van der Waals surface area contributed by atoms with Gasteiger partial charge in [0.15, 0.2) is 0 Å². The number of fused-ring (bicyclic) bond motifs is 1. The van der Waals surface area contributed by atoms with Crippen molar-refractivity contribution in [3.05, 3.63) is 59.7 Å². The van der Waals surface area contributed by atoms with Crippen molar-refractivity contribution in [2.45, 2.75) is 13.5 Å². The van der Waals surface area contributed by atoms with Gasteiger partial charge in [0.05, 0.1) is 43.9 Å². The second-order valence-electron chi connectivity index (χ2n) is 5.17. The minimum absolute atomic E-state index is 0.0603. The molecule has 6 nitrogen and oxygen atoms in total. The van der Waals surface area contributed by atoms with Gasteiger partial charge < -0.3 is 13.9 Å². The molecular formula is C18H17NO5. The molecule has 1 aliphatic rings. The molecule has 0 saturated carbocycles. The van der Waals surface area contributed by atoms with Crippen LogP contribution in [0.2, 0.25) is 0 Å². The van der Waals surface area contributed by atoms with Crippen LogP contribution in [0.25, 0.3) is 5.57 Å². The number of carbonyl (C=O) groups excluding carboxylic acids is 2. The lowest BCUT2D eigenvalue weighted by atomic mass is 9.94. The number of nitrogens with zero attached hydrogens (tertiary/aromatic N) is 1. The Balaban J connectivity index is 2.07. The number of ether oxygens (including phenoxy) is 2. The van der Waals surface area contributed by atoms with Gasteiger partial charge in [-0.2, -0.15) is 0 Å². The average molecular weight is 327 g/mol. The van der Waals surface area contributed by atoms with Crippen LogP contribution in [-0.2, 0) is 16.1 Å². The van der Waals surface area contributed by atoms with Crippen LogP contribution in [0, 0.1) is 0 Å². The summed E-state index contributed by atoms with van der Waals surface area (Å²) in [6.45, 7) is 2.31. The van der Waals surface area contributed by atoms with Crippen molar-refractivity contribution in [3.8, 4) is 5.75 Å². The Morgan fingerprint density at radius 1 is 1.17 bits per heavy atom. The largest absolute Gasteiger partial charge is 0.501 e. The Hall–Kier alpha value is -3.02. The van der Waals surface area contributed by atoms with E-state index in [1.165, 1.54) is 19.6 Å². The molecule has 3 rings (SSSR count). The van der Waals surface area contributed by atoms with Crippen LogP contribution in [0.4, 0.5) is 0 Å². The molecule has 0 unspecified atom stereocenters. The Labute approximate surface area is 139 Å². The molecule has 2 heterocycles. The van der Waals surface area contributed by atoms with E-state index in [9.17, 15) is 9.59 Å². The second-order valence-corrected chi connectivity index (χ2v) is 5.17. The first-order chi connectivity index (χ1) is 11.7. The van der Waals surface area contributed by atoms with Gasteiger partial charge in [0.1, 0.15) is 11.5 Å². The Morgan fingerprint density at radius 3 is 2.67 bits per heavy atom. The summed E-state index contributed by atoms with van der Waals surface area (Å²) in [5.41, 5.74) is 1.27. The van der Waals surface area contributed by atoms with E-state index >= 15 is 0 Å². The van der Waals surface area contributed by atoms with Crippen molar-refractivity contribution < 1.29 is 23.5 Å². The molecule has 0 N–H and O–H groups in total. The molecule has 24 heavy (non-hydrogen) atoms. The lowest BCUT2D eigenvalue weighted by Crippen LogP contribution is -2.41. The lowest BCUT2D eigenvalue weighted by molar-refractivity contribution is -0.123. The van der Waals surface area contributed by atoms with Crippen molar-refractivity contribution in [1.82, 2.24) is 4.90 Å². The summed E-state index contributed by atoms with van der Waals surface area (Å²) in [6.07, 6.45) is 2.90. The SMILES string of the molecule is CCO/C=C1/C(=O)N(Cc2ccco2)C(=O)c2cc(OC)ccc21. The van der Waals surface area contributed by atoms with E-state index < -0.39 is 5.91 Å². The van der Waals surface area contributed by atoms with Gasteiger partial charge in [-0.05, 0) is 37.3 Å². The molecule has 6 heteroatoms. The zero-order valence-electron chi connectivity index (χ0n) is 13.4. The molecule has 2 amide bonds. The highest BCUT2D eigenvalue weighted by molar-refractivity contribution is 6.30. The van der Waals surface area contributed by atoms with E-state index in [1.54, 1.807) is 30.3 Å². The van der Waals surface area contributed by atoms with Gasteiger partial charge in [0.25, 0.3) is 11.8 Å². The maximum absolute atomic E-state index is 12.8. The van der Waals surface area contributed by atoms with Crippen LogP contribution in [0.15, 0.2) is 47.3 Å². The molecule has 1 aromatic heterocycles.